The minimum atomic E-state index is -3.59. The van der Waals surface area contributed by atoms with E-state index in [4.69, 9.17) is 14.1 Å². The molecule has 1 aromatic carbocycles. The SMILES string of the molecule is Cc1cc(S(=O)(=O)NC(C)C)ccc1-c1sc(-c2nnc(CC(C)(C)OC=O)o2)nc1CC1CCC1. The molecule has 0 spiro atoms. The molecule has 0 unspecified atom stereocenters. The highest BCUT2D eigenvalue weighted by atomic mass is 32.2. The largest absolute Gasteiger partial charge is 0.461 e. The minimum absolute atomic E-state index is 0.192. The number of nitrogens with one attached hydrogen (secondary N) is 1. The summed E-state index contributed by atoms with van der Waals surface area (Å²) < 4.78 is 38.9. The molecule has 1 fully saturated rings. The van der Waals surface area contributed by atoms with Crippen molar-refractivity contribution in [1.82, 2.24) is 19.9 Å². The van der Waals surface area contributed by atoms with Crippen LogP contribution in [0.25, 0.3) is 21.3 Å². The first-order valence-corrected chi connectivity index (χ1v) is 14.3. The van der Waals surface area contributed by atoms with Gasteiger partial charge >= 0.3 is 0 Å². The van der Waals surface area contributed by atoms with Gasteiger partial charge in [0.1, 0.15) is 5.60 Å². The van der Waals surface area contributed by atoms with Gasteiger partial charge in [0.2, 0.25) is 15.9 Å². The van der Waals surface area contributed by atoms with Crippen LogP contribution >= 0.6 is 11.3 Å². The maximum Gasteiger partial charge on any atom is 0.293 e. The summed E-state index contributed by atoms with van der Waals surface area (Å²) in [5.41, 5.74) is 1.99. The minimum Gasteiger partial charge on any atom is -0.461 e. The van der Waals surface area contributed by atoms with E-state index in [1.807, 2.05) is 13.0 Å². The Labute approximate surface area is 215 Å². The van der Waals surface area contributed by atoms with Crippen molar-refractivity contribution in [2.24, 2.45) is 5.92 Å². The van der Waals surface area contributed by atoms with Crippen LogP contribution in [0.3, 0.4) is 0 Å². The number of hydrogen-bond acceptors (Lipinski definition) is 9. The van der Waals surface area contributed by atoms with Crippen LogP contribution in [-0.2, 0) is 32.4 Å². The molecule has 0 amide bonds. The lowest BCUT2D eigenvalue weighted by Gasteiger charge is -2.24. The van der Waals surface area contributed by atoms with E-state index < -0.39 is 15.6 Å². The Kier molecular flexibility index (Phi) is 7.63. The van der Waals surface area contributed by atoms with Gasteiger partial charge < -0.3 is 9.15 Å². The number of aryl methyl sites for hydroxylation is 1. The van der Waals surface area contributed by atoms with Crippen LogP contribution in [-0.4, -0.2) is 41.7 Å². The summed E-state index contributed by atoms with van der Waals surface area (Å²) in [4.78, 5) is 16.9. The molecular formula is C25H32N4O5S2. The van der Waals surface area contributed by atoms with Crippen LogP contribution < -0.4 is 4.72 Å². The van der Waals surface area contributed by atoms with Gasteiger partial charge in [-0.05, 0) is 70.2 Å². The first-order valence-electron chi connectivity index (χ1n) is 12.0. The summed E-state index contributed by atoms with van der Waals surface area (Å²) in [5.74, 6) is 1.27. The standard InChI is InChI=1S/C25H32N4O5S2/c1-15(2)29-36(31,32)18-9-10-19(16(3)11-18)22-20(12-17-7-6-8-17)26-24(35-22)23-28-27-21(34-23)13-25(4,5)33-14-30/h9-11,14-15,17,29H,6-8,12-13H2,1-5H3. The van der Waals surface area contributed by atoms with Gasteiger partial charge in [-0.3, -0.25) is 4.79 Å². The number of sulfonamides is 1. The molecule has 0 atom stereocenters. The predicted octanol–water partition coefficient (Wildman–Crippen LogP) is 4.69. The number of thiazole rings is 1. The Hall–Kier alpha value is -2.63. The Bertz CT molecular complexity index is 1340. The highest BCUT2D eigenvalue weighted by Gasteiger charge is 2.27. The van der Waals surface area contributed by atoms with E-state index in [0.717, 1.165) is 28.1 Å². The first kappa shape index (κ1) is 26.4. The van der Waals surface area contributed by atoms with Crippen LogP contribution in [0.1, 0.15) is 64.1 Å². The van der Waals surface area contributed by atoms with Crippen molar-refractivity contribution in [3.05, 3.63) is 35.3 Å². The number of benzene rings is 1. The monoisotopic (exact) mass is 532 g/mol. The molecule has 11 heteroatoms. The molecule has 1 saturated carbocycles. The van der Waals surface area contributed by atoms with Gasteiger partial charge in [-0.2, -0.15) is 0 Å². The number of rotatable bonds is 11. The molecule has 0 bridgehead atoms. The van der Waals surface area contributed by atoms with Gasteiger partial charge in [0, 0.05) is 6.04 Å². The van der Waals surface area contributed by atoms with Crippen LogP contribution in [0, 0.1) is 12.8 Å². The zero-order valence-corrected chi connectivity index (χ0v) is 22.8. The summed E-state index contributed by atoms with van der Waals surface area (Å²) in [6.07, 6.45) is 4.73. The predicted molar refractivity (Wildman–Crippen MR) is 137 cm³/mol. The smallest absolute Gasteiger partial charge is 0.293 e. The fourth-order valence-electron chi connectivity index (χ4n) is 4.15. The van der Waals surface area contributed by atoms with Crippen molar-refractivity contribution in [3.8, 4) is 21.3 Å². The third-order valence-electron chi connectivity index (χ3n) is 6.14. The number of carbonyl (C=O) groups is 1. The fourth-order valence-corrected chi connectivity index (χ4v) is 6.59. The van der Waals surface area contributed by atoms with Gasteiger partial charge in [-0.1, -0.05) is 25.3 Å². The highest BCUT2D eigenvalue weighted by Crippen LogP contribution is 2.40. The summed E-state index contributed by atoms with van der Waals surface area (Å²) in [6, 6.07) is 5.00. The number of ether oxygens (including phenoxy) is 1. The van der Waals surface area contributed by atoms with Crippen molar-refractivity contribution >= 4 is 27.8 Å². The Morgan fingerprint density at radius 3 is 2.64 bits per heavy atom. The summed E-state index contributed by atoms with van der Waals surface area (Å²) in [6.45, 7) is 9.46. The third-order valence-corrected chi connectivity index (χ3v) is 8.92. The lowest BCUT2D eigenvalue weighted by atomic mass is 9.81. The van der Waals surface area contributed by atoms with Crippen molar-refractivity contribution in [2.75, 3.05) is 0 Å². The summed E-state index contributed by atoms with van der Waals surface area (Å²) in [5, 5.41) is 8.92. The molecule has 194 valence electrons. The molecule has 36 heavy (non-hydrogen) atoms. The summed E-state index contributed by atoms with van der Waals surface area (Å²) >= 11 is 1.46. The topological polar surface area (TPSA) is 124 Å². The number of hydrogen-bond donors (Lipinski definition) is 1. The van der Waals surface area contributed by atoms with E-state index in [1.54, 1.807) is 39.8 Å². The zero-order valence-electron chi connectivity index (χ0n) is 21.2. The van der Waals surface area contributed by atoms with E-state index in [0.29, 0.717) is 29.2 Å². The molecule has 0 aliphatic heterocycles. The van der Waals surface area contributed by atoms with Crippen LogP contribution in [0.4, 0.5) is 0 Å². The van der Waals surface area contributed by atoms with E-state index >= 15 is 0 Å². The average Bonchev–Trinajstić information content (AvgIpc) is 3.36. The molecule has 9 nitrogen and oxygen atoms in total. The highest BCUT2D eigenvalue weighted by molar-refractivity contribution is 7.89. The van der Waals surface area contributed by atoms with Gasteiger partial charge in [0.15, 0.2) is 5.01 Å². The fraction of sp³-hybridized carbons (Fsp3) is 0.520. The molecule has 0 saturated heterocycles. The Morgan fingerprint density at radius 2 is 2.03 bits per heavy atom. The van der Waals surface area contributed by atoms with E-state index in [2.05, 4.69) is 14.9 Å². The van der Waals surface area contributed by atoms with E-state index in [-0.39, 0.29) is 17.4 Å². The van der Waals surface area contributed by atoms with Gasteiger partial charge in [0.25, 0.3) is 12.4 Å². The molecular weight excluding hydrogens is 500 g/mol. The second-order valence-electron chi connectivity index (χ2n) is 10.2. The second-order valence-corrected chi connectivity index (χ2v) is 12.9. The maximum atomic E-state index is 12.7. The lowest BCUT2D eigenvalue weighted by Crippen LogP contribution is -2.30. The Balaban J connectivity index is 1.68. The quantitative estimate of drug-likeness (QED) is 0.353. The van der Waals surface area contributed by atoms with Crippen molar-refractivity contribution < 1.29 is 22.4 Å². The lowest BCUT2D eigenvalue weighted by molar-refractivity contribution is -0.140. The van der Waals surface area contributed by atoms with Gasteiger partial charge in [-0.25, -0.2) is 18.1 Å². The summed E-state index contributed by atoms with van der Waals surface area (Å²) in [7, 11) is -3.59. The van der Waals surface area contributed by atoms with E-state index in [9.17, 15) is 13.2 Å². The third kappa shape index (κ3) is 6.01. The normalized spacial score (nSPS) is 14.7. The molecule has 2 aromatic heterocycles. The molecule has 1 aliphatic rings. The van der Waals surface area contributed by atoms with Crippen molar-refractivity contribution in [3.63, 3.8) is 0 Å². The van der Waals surface area contributed by atoms with Crippen LogP contribution in [0.5, 0.6) is 0 Å². The van der Waals surface area contributed by atoms with Crippen LogP contribution in [0.15, 0.2) is 27.5 Å². The van der Waals surface area contributed by atoms with Crippen LogP contribution in [0.2, 0.25) is 0 Å². The molecule has 4 rings (SSSR count). The van der Waals surface area contributed by atoms with Crippen molar-refractivity contribution in [1.29, 1.82) is 0 Å². The molecule has 0 radical (unpaired) electrons. The molecule has 1 N–H and O–H groups in total. The maximum absolute atomic E-state index is 12.7. The number of nitrogens with zero attached hydrogens (tertiary/aromatic N) is 3. The van der Waals surface area contributed by atoms with Gasteiger partial charge in [-0.15, -0.1) is 21.5 Å². The number of aromatic nitrogens is 3. The van der Waals surface area contributed by atoms with Crippen molar-refractivity contribution in [2.45, 2.75) is 83.3 Å². The van der Waals surface area contributed by atoms with E-state index in [1.165, 1.54) is 30.6 Å². The van der Waals surface area contributed by atoms with Gasteiger partial charge in [0.05, 0.1) is 21.9 Å². The second kappa shape index (κ2) is 10.4. The molecule has 2 heterocycles. The Morgan fingerprint density at radius 1 is 1.28 bits per heavy atom. The average molecular weight is 533 g/mol. The molecule has 3 aromatic rings. The molecule has 1 aliphatic carbocycles. The number of carbonyl (C=O) groups excluding carboxylic acids is 1. The zero-order chi connectivity index (χ0) is 26.1. The first-order chi connectivity index (χ1) is 17.0.